The number of carbonyl (C=O) groups is 1. The van der Waals surface area contributed by atoms with Crippen molar-refractivity contribution < 1.29 is 9.53 Å². The average Bonchev–Trinajstić information content (AvgIpc) is 2.30. The molecule has 0 aliphatic rings. The van der Waals surface area contributed by atoms with Crippen LogP contribution in [0.3, 0.4) is 0 Å². The van der Waals surface area contributed by atoms with Gasteiger partial charge in [0.1, 0.15) is 6.07 Å². The lowest BCUT2D eigenvalue weighted by molar-refractivity contribution is -0.142. The third-order valence-electron chi connectivity index (χ3n) is 2.30. The van der Waals surface area contributed by atoms with E-state index in [0.717, 1.165) is 0 Å². The van der Waals surface area contributed by atoms with E-state index in [9.17, 15) is 4.79 Å². The predicted molar refractivity (Wildman–Crippen MR) is 64.4 cm³/mol. The second kappa shape index (κ2) is 6.24. The van der Waals surface area contributed by atoms with Gasteiger partial charge in [-0.15, -0.1) is 0 Å². The van der Waals surface area contributed by atoms with Crippen molar-refractivity contribution in [2.45, 2.75) is 19.9 Å². The molecule has 0 saturated carbocycles. The first-order valence-corrected chi connectivity index (χ1v) is 5.57. The number of rotatable bonds is 4. The summed E-state index contributed by atoms with van der Waals surface area (Å²) < 4.78 is 4.85. The van der Waals surface area contributed by atoms with Crippen LogP contribution in [-0.2, 0) is 22.5 Å². The normalized spacial score (nSPS) is 9.76. The van der Waals surface area contributed by atoms with Crippen LogP contribution in [0.15, 0.2) is 12.1 Å². The Morgan fingerprint density at radius 1 is 1.59 bits per heavy atom. The Bertz CT molecular complexity index is 466. The lowest BCUT2D eigenvalue weighted by Gasteiger charge is -2.10. The van der Waals surface area contributed by atoms with Gasteiger partial charge >= 0.3 is 5.97 Å². The summed E-state index contributed by atoms with van der Waals surface area (Å²) in [4.78, 5) is 11.4. The Morgan fingerprint density at radius 2 is 2.29 bits per heavy atom. The summed E-state index contributed by atoms with van der Waals surface area (Å²) in [5.74, 6) is -0.331. The van der Waals surface area contributed by atoms with Crippen LogP contribution in [0, 0.1) is 11.3 Å². The SMILES string of the molecule is CCOC(=O)Cc1ccc(C#N)c(Cl)c1CN. The fourth-order valence-electron chi connectivity index (χ4n) is 1.50. The maximum Gasteiger partial charge on any atom is 0.310 e. The van der Waals surface area contributed by atoms with E-state index in [4.69, 9.17) is 27.3 Å². The van der Waals surface area contributed by atoms with Gasteiger partial charge in [0.25, 0.3) is 0 Å². The largest absolute Gasteiger partial charge is 0.466 e. The minimum absolute atomic E-state index is 0.117. The molecule has 0 aromatic heterocycles. The van der Waals surface area contributed by atoms with Crippen molar-refractivity contribution in [2.24, 2.45) is 5.73 Å². The number of nitriles is 1. The van der Waals surface area contributed by atoms with Gasteiger partial charge in [-0.05, 0) is 24.1 Å². The lowest BCUT2D eigenvalue weighted by atomic mass is 10.0. The Kier molecular flexibility index (Phi) is 4.95. The van der Waals surface area contributed by atoms with E-state index in [1.807, 2.05) is 6.07 Å². The highest BCUT2D eigenvalue weighted by molar-refractivity contribution is 6.32. The van der Waals surface area contributed by atoms with Gasteiger partial charge < -0.3 is 10.5 Å². The van der Waals surface area contributed by atoms with Crippen LogP contribution in [0.5, 0.6) is 0 Å². The Labute approximate surface area is 105 Å². The second-order valence-electron chi connectivity index (χ2n) is 3.36. The molecule has 4 nitrogen and oxygen atoms in total. The van der Waals surface area contributed by atoms with E-state index in [1.54, 1.807) is 19.1 Å². The standard InChI is InChI=1S/C12H13ClN2O2/c1-2-17-11(16)5-8-3-4-9(6-14)12(13)10(8)7-15/h3-4H,2,5,7,15H2,1H3. The third-order valence-corrected chi connectivity index (χ3v) is 2.74. The number of nitrogens with zero attached hydrogens (tertiary/aromatic N) is 1. The summed E-state index contributed by atoms with van der Waals surface area (Å²) >= 11 is 6.02. The zero-order valence-corrected chi connectivity index (χ0v) is 10.3. The molecule has 0 radical (unpaired) electrons. The quantitative estimate of drug-likeness (QED) is 0.829. The van der Waals surface area contributed by atoms with Gasteiger partial charge in [-0.3, -0.25) is 4.79 Å². The summed E-state index contributed by atoms with van der Waals surface area (Å²) in [5.41, 5.74) is 7.27. The topological polar surface area (TPSA) is 76.1 Å². The first-order chi connectivity index (χ1) is 8.13. The minimum atomic E-state index is -0.331. The van der Waals surface area contributed by atoms with Gasteiger partial charge in [0.05, 0.1) is 23.6 Å². The highest BCUT2D eigenvalue weighted by Gasteiger charge is 2.13. The number of hydrogen-bond donors (Lipinski definition) is 1. The van der Waals surface area contributed by atoms with Crippen LogP contribution in [0.25, 0.3) is 0 Å². The van der Waals surface area contributed by atoms with E-state index >= 15 is 0 Å². The number of halogens is 1. The molecule has 0 atom stereocenters. The molecule has 2 N–H and O–H groups in total. The van der Waals surface area contributed by atoms with Crippen molar-refractivity contribution in [1.82, 2.24) is 0 Å². The minimum Gasteiger partial charge on any atom is -0.466 e. The number of nitrogens with two attached hydrogens (primary N) is 1. The number of ether oxygens (including phenoxy) is 1. The van der Waals surface area contributed by atoms with Crippen molar-refractivity contribution >= 4 is 17.6 Å². The summed E-state index contributed by atoms with van der Waals surface area (Å²) in [6.07, 6.45) is 0.117. The van der Waals surface area contributed by atoms with Gasteiger partial charge in [0.2, 0.25) is 0 Å². The molecule has 90 valence electrons. The highest BCUT2D eigenvalue weighted by atomic mass is 35.5. The van der Waals surface area contributed by atoms with Crippen LogP contribution in [0.1, 0.15) is 23.6 Å². The first-order valence-electron chi connectivity index (χ1n) is 5.20. The Hall–Kier alpha value is -1.57. The van der Waals surface area contributed by atoms with Gasteiger partial charge in [0, 0.05) is 6.54 Å². The van der Waals surface area contributed by atoms with Gasteiger partial charge in [0.15, 0.2) is 0 Å². The molecule has 0 unspecified atom stereocenters. The van der Waals surface area contributed by atoms with E-state index in [-0.39, 0.29) is 18.9 Å². The summed E-state index contributed by atoms with van der Waals surface area (Å²) in [6, 6.07) is 5.24. The molecular weight excluding hydrogens is 240 g/mol. The van der Waals surface area contributed by atoms with Crippen LogP contribution in [0.4, 0.5) is 0 Å². The molecule has 1 aromatic carbocycles. The fourth-order valence-corrected chi connectivity index (χ4v) is 1.81. The zero-order chi connectivity index (χ0) is 12.8. The summed E-state index contributed by atoms with van der Waals surface area (Å²) in [6.45, 7) is 2.26. The van der Waals surface area contributed by atoms with Crippen molar-refractivity contribution in [3.8, 4) is 6.07 Å². The molecule has 0 aliphatic carbocycles. The first kappa shape index (κ1) is 13.5. The maximum atomic E-state index is 11.4. The zero-order valence-electron chi connectivity index (χ0n) is 9.50. The molecule has 17 heavy (non-hydrogen) atoms. The van der Waals surface area contributed by atoms with Crippen LogP contribution >= 0.6 is 11.6 Å². The Morgan fingerprint density at radius 3 is 2.82 bits per heavy atom. The van der Waals surface area contributed by atoms with Crippen molar-refractivity contribution in [2.75, 3.05) is 6.61 Å². The van der Waals surface area contributed by atoms with Crippen molar-refractivity contribution in [1.29, 1.82) is 5.26 Å². The molecule has 5 heteroatoms. The monoisotopic (exact) mass is 252 g/mol. The molecule has 0 aliphatic heterocycles. The van der Waals surface area contributed by atoms with E-state index in [2.05, 4.69) is 0 Å². The highest BCUT2D eigenvalue weighted by Crippen LogP contribution is 2.24. The number of hydrogen-bond acceptors (Lipinski definition) is 4. The molecule has 0 bridgehead atoms. The second-order valence-corrected chi connectivity index (χ2v) is 3.74. The molecular formula is C12H13ClN2O2. The van der Waals surface area contributed by atoms with Crippen LogP contribution < -0.4 is 5.73 Å². The smallest absolute Gasteiger partial charge is 0.310 e. The average molecular weight is 253 g/mol. The van der Waals surface area contributed by atoms with E-state index < -0.39 is 0 Å². The lowest BCUT2D eigenvalue weighted by Crippen LogP contribution is -2.11. The van der Waals surface area contributed by atoms with Crippen LogP contribution in [0.2, 0.25) is 5.02 Å². The van der Waals surface area contributed by atoms with E-state index in [1.165, 1.54) is 0 Å². The fraction of sp³-hybridized carbons (Fsp3) is 0.333. The van der Waals surface area contributed by atoms with Crippen molar-refractivity contribution in [3.63, 3.8) is 0 Å². The maximum absolute atomic E-state index is 11.4. The molecule has 0 saturated heterocycles. The van der Waals surface area contributed by atoms with Gasteiger partial charge in [-0.1, -0.05) is 17.7 Å². The number of benzene rings is 1. The van der Waals surface area contributed by atoms with E-state index in [0.29, 0.717) is 28.3 Å². The van der Waals surface area contributed by atoms with Gasteiger partial charge in [-0.25, -0.2) is 0 Å². The summed E-state index contributed by atoms with van der Waals surface area (Å²) in [5, 5.41) is 9.14. The number of esters is 1. The Balaban J connectivity index is 3.05. The molecule has 0 amide bonds. The molecule has 0 fully saturated rings. The molecule has 1 aromatic rings. The molecule has 0 heterocycles. The summed E-state index contributed by atoms with van der Waals surface area (Å²) in [7, 11) is 0. The van der Waals surface area contributed by atoms with Crippen LogP contribution in [-0.4, -0.2) is 12.6 Å². The third kappa shape index (κ3) is 3.19. The van der Waals surface area contributed by atoms with Crippen molar-refractivity contribution in [3.05, 3.63) is 33.8 Å². The molecule has 1 rings (SSSR count). The number of carbonyl (C=O) groups excluding carboxylic acids is 1. The molecule has 0 spiro atoms. The van der Waals surface area contributed by atoms with Gasteiger partial charge in [-0.2, -0.15) is 5.26 Å². The predicted octanol–water partition coefficient (Wildman–Crippen LogP) is 1.78.